The van der Waals surface area contributed by atoms with Crippen LogP contribution < -0.4 is 5.32 Å². The number of hydrogen-bond donors (Lipinski definition) is 1. The van der Waals surface area contributed by atoms with Crippen LogP contribution in [0, 0.1) is 24.2 Å². The Kier molecular flexibility index (Phi) is 4.69. The second-order valence-electron chi connectivity index (χ2n) is 8.07. The number of pyridine rings is 1. The van der Waals surface area contributed by atoms with Crippen LogP contribution in [-0.4, -0.2) is 54.5 Å². The van der Waals surface area contributed by atoms with E-state index in [2.05, 4.69) is 10.3 Å². The maximum Gasteiger partial charge on any atom is 0.272 e. The van der Waals surface area contributed by atoms with Crippen molar-refractivity contribution in [3.8, 4) is 0 Å². The van der Waals surface area contributed by atoms with Crippen molar-refractivity contribution >= 4 is 11.8 Å². The third kappa shape index (κ3) is 3.47. The molecule has 1 spiro atoms. The first kappa shape index (κ1) is 17.5. The first-order chi connectivity index (χ1) is 12.6. The molecule has 3 aliphatic rings. The number of nitrogens with one attached hydrogen (secondary N) is 1. The van der Waals surface area contributed by atoms with Crippen molar-refractivity contribution in [3.63, 3.8) is 0 Å². The van der Waals surface area contributed by atoms with Crippen LogP contribution in [-0.2, 0) is 9.53 Å². The van der Waals surface area contributed by atoms with E-state index < -0.39 is 0 Å². The Balaban J connectivity index is 1.52. The molecule has 140 valence electrons. The minimum atomic E-state index is -0.161. The van der Waals surface area contributed by atoms with Gasteiger partial charge < -0.3 is 15.0 Å². The molecular weight excluding hydrogens is 330 g/mol. The number of carbonyl (C=O) groups is 2. The predicted octanol–water partition coefficient (Wildman–Crippen LogP) is 1.79. The second kappa shape index (κ2) is 6.99. The van der Waals surface area contributed by atoms with E-state index in [0.29, 0.717) is 37.9 Å². The van der Waals surface area contributed by atoms with Gasteiger partial charge in [0.25, 0.3) is 5.91 Å². The summed E-state index contributed by atoms with van der Waals surface area (Å²) in [5, 5.41) is 3.13. The summed E-state index contributed by atoms with van der Waals surface area (Å²) < 4.78 is 5.54. The Morgan fingerprint density at radius 1 is 1.31 bits per heavy atom. The van der Waals surface area contributed by atoms with Crippen LogP contribution in [0.4, 0.5) is 0 Å². The maximum absolute atomic E-state index is 13.0. The lowest BCUT2D eigenvalue weighted by atomic mass is 9.71. The molecule has 6 nitrogen and oxygen atoms in total. The number of hydrogen-bond acceptors (Lipinski definition) is 4. The lowest BCUT2D eigenvalue weighted by Crippen LogP contribution is -2.44. The first-order valence-electron chi connectivity index (χ1n) is 9.66. The smallest absolute Gasteiger partial charge is 0.272 e. The van der Waals surface area contributed by atoms with Gasteiger partial charge in [-0.2, -0.15) is 0 Å². The highest BCUT2D eigenvalue weighted by Gasteiger charge is 2.52. The number of aromatic nitrogens is 1. The monoisotopic (exact) mass is 357 g/mol. The lowest BCUT2D eigenvalue weighted by Gasteiger charge is -2.37. The van der Waals surface area contributed by atoms with Gasteiger partial charge in [0.2, 0.25) is 5.91 Å². The van der Waals surface area contributed by atoms with Crippen LogP contribution in [0.15, 0.2) is 18.2 Å². The average Bonchev–Trinajstić information content (AvgIpc) is 3.41. The molecule has 1 atom stereocenters. The summed E-state index contributed by atoms with van der Waals surface area (Å²) in [5.41, 5.74) is 1.13. The van der Waals surface area contributed by atoms with Crippen LogP contribution >= 0.6 is 0 Å². The summed E-state index contributed by atoms with van der Waals surface area (Å²) in [5.74, 6) is 0.530. The number of amides is 2. The standard InChI is InChI=1S/C20H27N3O3/c1-14-3-2-4-17(22-14)19(25)23-12-16(18(24)21-11-15-5-6-15)20(13-23)7-9-26-10-8-20/h2-4,15-16H,5-13H2,1H3,(H,21,24)/t16-/m0/s1. The fraction of sp³-hybridized carbons (Fsp3) is 0.650. The molecule has 6 heteroatoms. The van der Waals surface area contributed by atoms with Crippen molar-refractivity contribution in [2.24, 2.45) is 17.3 Å². The van der Waals surface area contributed by atoms with Gasteiger partial charge >= 0.3 is 0 Å². The van der Waals surface area contributed by atoms with Gasteiger partial charge in [-0.25, -0.2) is 4.98 Å². The summed E-state index contributed by atoms with van der Waals surface area (Å²) in [6.07, 6.45) is 4.10. The molecule has 2 amide bonds. The Hall–Kier alpha value is -1.95. The molecule has 0 aromatic carbocycles. The van der Waals surface area contributed by atoms with Crippen molar-refractivity contribution < 1.29 is 14.3 Å². The Labute approximate surface area is 154 Å². The minimum Gasteiger partial charge on any atom is -0.381 e. The van der Waals surface area contributed by atoms with Crippen molar-refractivity contribution in [1.82, 2.24) is 15.2 Å². The topological polar surface area (TPSA) is 71.5 Å². The van der Waals surface area contributed by atoms with E-state index in [1.165, 1.54) is 12.8 Å². The van der Waals surface area contributed by atoms with Gasteiger partial charge in [0.05, 0.1) is 5.92 Å². The minimum absolute atomic E-state index is 0.0722. The van der Waals surface area contributed by atoms with Crippen LogP contribution in [0.25, 0.3) is 0 Å². The molecule has 3 fully saturated rings. The molecule has 1 aromatic heterocycles. The van der Waals surface area contributed by atoms with E-state index in [1.54, 1.807) is 6.07 Å². The Morgan fingerprint density at radius 3 is 2.77 bits per heavy atom. The molecular formula is C20H27N3O3. The largest absolute Gasteiger partial charge is 0.381 e. The zero-order chi connectivity index (χ0) is 18.1. The molecule has 0 radical (unpaired) electrons. The van der Waals surface area contributed by atoms with Crippen molar-refractivity contribution in [3.05, 3.63) is 29.6 Å². The van der Waals surface area contributed by atoms with Crippen molar-refractivity contribution in [1.29, 1.82) is 0 Å². The average molecular weight is 357 g/mol. The van der Waals surface area contributed by atoms with Crippen molar-refractivity contribution in [2.75, 3.05) is 32.8 Å². The molecule has 2 aliphatic heterocycles. The molecule has 1 N–H and O–H groups in total. The van der Waals surface area contributed by atoms with Gasteiger partial charge in [-0.15, -0.1) is 0 Å². The van der Waals surface area contributed by atoms with Crippen molar-refractivity contribution in [2.45, 2.75) is 32.6 Å². The van der Waals surface area contributed by atoms with E-state index in [1.807, 2.05) is 24.0 Å². The van der Waals surface area contributed by atoms with E-state index in [4.69, 9.17) is 4.74 Å². The number of nitrogens with zero attached hydrogens (tertiary/aromatic N) is 2. The second-order valence-corrected chi connectivity index (χ2v) is 8.07. The number of carbonyl (C=O) groups excluding carboxylic acids is 2. The normalized spacial score (nSPS) is 24.7. The highest BCUT2D eigenvalue weighted by Crippen LogP contribution is 2.44. The first-order valence-corrected chi connectivity index (χ1v) is 9.66. The molecule has 1 aliphatic carbocycles. The molecule has 26 heavy (non-hydrogen) atoms. The van der Waals surface area contributed by atoms with Crippen LogP contribution in [0.1, 0.15) is 41.9 Å². The Bertz CT molecular complexity index is 695. The molecule has 0 unspecified atom stereocenters. The van der Waals surface area contributed by atoms with Crippen LogP contribution in [0.2, 0.25) is 0 Å². The van der Waals surface area contributed by atoms with E-state index in [0.717, 1.165) is 25.1 Å². The SMILES string of the molecule is Cc1cccc(C(=O)N2C[C@@H](C(=O)NCC3CC3)C3(CCOCC3)C2)n1. The summed E-state index contributed by atoms with van der Waals surface area (Å²) >= 11 is 0. The van der Waals surface area contributed by atoms with Gasteiger partial charge in [-0.3, -0.25) is 9.59 Å². The molecule has 4 rings (SSSR count). The molecule has 2 saturated heterocycles. The third-order valence-electron chi connectivity index (χ3n) is 6.11. The number of ether oxygens (including phenoxy) is 1. The molecule has 3 heterocycles. The highest BCUT2D eigenvalue weighted by molar-refractivity contribution is 5.93. The zero-order valence-corrected chi connectivity index (χ0v) is 15.4. The quantitative estimate of drug-likeness (QED) is 0.892. The van der Waals surface area contributed by atoms with E-state index >= 15 is 0 Å². The van der Waals surface area contributed by atoms with Crippen LogP contribution in [0.3, 0.4) is 0 Å². The van der Waals surface area contributed by atoms with Gasteiger partial charge in [0, 0.05) is 44.0 Å². The van der Waals surface area contributed by atoms with E-state index in [-0.39, 0.29) is 23.1 Å². The number of rotatable bonds is 4. The zero-order valence-electron chi connectivity index (χ0n) is 15.4. The summed E-state index contributed by atoms with van der Waals surface area (Å²) in [4.78, 5) is 32.1. The molecule has 1 aromatic rings. The fourth-order valence-corrected chi connectivity index (χ4v) is 4.28. The number of aryl methyl sites for hydroxylation is 1. The van der Waals surface area contributed by atoms with Gasteiger partial charge in [0.15, 0.2) is 0 Å². The maximum atomic E-state index is 13.0. The lowest BCUT2D eigenvalue weighted by molar-refractivity contribution is -0.129. The molecule has 0 bridgehead atoms. The summed E-state index contributed by atoms with van der Waals surface area (Å²) in [6.45, 7) is 5.08. The summed E-state index contributed by atoms with van der Waals surface area (Å²) in [7, 11) is 0. The highest BCUT2D eigenvalue weighted by atomic mass is 16.5. The third-order valence-corrected chi connectivity index (χ3v) is 6.11. The van der Waals surface area contributed by atoms with Crippen LogP contribution in [0.5, 0.6) is 0 Å². The van der Waals surface area contributed by atoms with Gasteiger partial charge in [-0.05, 0) is 50.7 Å². The Morgan fingerprint density at radius 2 is 2.08 bits per heavy atom. The van der Waals surface area contributed by atoms with Gasteiger partial charge in [0.1, 0.15) is 5.69 Å². The summed E-state index contributed by atoms with van der Waals surface area (Å²) in [6, 6.07) is 5.50. The van der Waals surface area contributed by atoms with Gasteiger partial charge in [-0.1, -0.05) is 6.07 Å². The van der Waals surface area contributed by atoms with E-state index in [9.17, 15) is 9.59 Å². The number of likely N-dealkylation sites (tertiary alicyclic amines) is 1. The molecule has 1 saturated carbocycles. The fourth-order valence-electron chi connectivity index (χ4n) is 4.28. The predicted molar refractivity (Wildman–Crippen MR) is 96.6 cm³/mol.